The van der Waals surface area contributed by atoms with Crippen molar-refractivity contribution in [2.24, 2.45) is 10.8 Å². The van der Waals surface area contributed by atoms with Gasteiger partial charge in [0.15, 0.2) is 0 Å². The van der Waals surface area contributed by atoms with Crippen LogP contribution in [0.2, 0.25) is 5.02 Å². The molecule has 0 bridgehead atoms. The number of carbonyl (C=O) groups excluding carboxylic acids is 5. The Balaban J connectivity index is 0.811. The number of ether oxygens (including phenoxy) is 1. The number of piperazine rings is 1. The minimum absolute atomic E-state index is 0.0848. The van der Waals surface area contributed by atoms with Crippen LogP contribution in [-0.2, 0) is 9.59 Å². The number of hydrogen-bond donors (Lipinski definition) is 2. The predicted octanol–water partition coefficient (Wildman–Crippen LogP) is 4.41. The van der Waals surface area contributed by atoms with Crippen LogP contribution in [0.25, 0.3) is 0 Å². The lowest BCUT2D eigenvalue weighted by Gasteiger charge is -2.63. The van der Waals surface area contributed by atoms with Gasteiger partial charge in [-0.3, -0.25) is 39.1 Å². The highest BCUT2D eigenvalue weighted by atomic mass is 35.5. The minimum atomic E-state index is -0.982. The summed E-state index contributed by atoms with van der Waals surface area (Å²) < 4.78 is 6.37. The second-order valence-electron chi connectivity index (χ2n) is 17.1. The monoisotopic (exact) mass is 806 g/mol. The zero-order chi connectivity index (χ0) is 41.1. The van der Waals surface area contributed by atoms with E-state index in [2.05, 4.69) is 59.1 Å². The van der Waals surface area contributed by atoms with Gasteiger partial charge in [-0.15, -0.1) is 0 Å². The molecule has 4 aliphatic heterocycles. The van der Waals surface area contributed by atoms with Gasteiger partial charge in [-0.2, -0.15) is 5.26 Å². The number of amides is 5. The Morgan fingerprint density at radius 3 is 2.22 bits per heavy atom. The standard InChI is InChI=1S/C43H47ClN8O6/c1-42(2)40(43(3,4)41(42)58-29-8-5-25(23-45)32(44)22-29)48-36(54)26-6-11-34(46-24-26)51-19-17-50(18-20-51)27-13-15-49(16-14-27)28-7-9-30-31(21-28)39(57)52(38(30)56)33-10-12-35(53)47-37(33)55/h5-9,11,21-22,24,27,33,40-41H,10,12-20H2,1-4H3,(H,48,54)(H,47,53,55). The zero-order valence-corrected chi connectivity index (χ0v) is 33.8. The average Bonchev–Trinajstić information content (AvgIpc) is 3.46. The molecule has 5 amide bonds. The normalized spacial score (nSPS) is 24.5. The summed E-state index contributed by atoms with van der Waals surface area (Å²) in [5.74, 6) is -0.766. The molecule has 14 nitrogen and oxygen atoms in total. The molecule has 2 N–H and O–H groups in total. The number of benzene rings is 2. The van der Waals surface area contributed by atoms with E-state index in [1.165, 1.54) is 0 Å². The summed E-state index contributed by atoms with van der Waals surface area (Å²) in [5.41, 5.74) is 1.59. The fourth-order valence-corrected chi connectivity index (χ4v) is 10.2. The Labute approximate surface area is 342 Å². The van der Waals surface area contributed by atoms with E-state index in [-0.39, 0.29) is 47.3 Å². The highest BCUT2D eigenvalue weighted by Crippen LogP contribution is 2.55. The highest BCUT2D eigenvalue weighted by Gasteiger charge is 2.64. The third-order valence-corrected chi connectivity index (χ3v) is 13.2. The van der Waals surface area contributed by atoms with Gasteiger partial charge in [-0.25, -0.2) is 4.98 Å². The maximum atomic E-state index is 13.5. The molecule has 3 saturated heterocycles. The number of nitriles is 1. The summed E-state index contributed by atoms with van der Waals surface area (Å²) in [6.45, 7) is 13.3. The molecule has 1 atom stereocenters. The lowest BCUT2D eigenvalue weighted by molar-refractivity contribution is -0.164. The number of halogens is 1. The van der Waals surface area contributed by atoms with E-state index in [9.17, 15) is 29.2 Å². The summed E-state index contributed by atoms with van der Waals surface area (Å²) in [6, 6.07) is 15.5. The van der Waals surface area contributed by atoms with Crippen molar-refractivity contribution in [3.63, 3.8) is 0 Å². The first-order valence-electron chi connectivity index (χ1n) is 19.9. The molecule has 5 heterocycles. The number of piperidine rings is 2. The molecule has 0 radical (unpaired) electrons. The van der Waals surface area contributed by atoms with E-state index >= 15 is 0 Å². The van der Waals surface area contributed by atoms with Crippen molar-refractivity contribution >= 4 is 52.6 Å². The molecule has 3 aromatic rings. The number of rotatable bonds is 8. The number of imide groups is 2. The number of aromatic nitrogens is 1. The van der Waals surface area contributed by atoms with Gasteiger partial charge in [0.1, 0.15) is 29.8 Å². The summed E-state index contributed by atoms with van der Waals surface area (Å²) in [5, 5.41) is 15.0. The van der Waals surface area contributed by atoms with Crippen LogP contribution in [-0.4, -0.2) is 108 Å². The molecule has 5 aliphatic rings. The summed E-state index contributed by atoms with van der Waals surface area (Å²) in [6.07, 6.45) is 3.57. The van der Waals surface area contributed by atoms with Crippen LogP contribution in [0.3, 0.4) is 0 Å². The van der Waals surface area contributed by atoms with E-state index in [0.717, 1.165) is 68.5 Å². The second-order valence-corrected chi connectivity index (χ2v) is 17.5. The van der Waals surface area contributed by atoms with Crippen molar-refractivity contribution in [2.75, 3.05) is 49.1 Å². The molecule has 1 aliphatic carbocycles. The summed E-state index contributed by atoms with van der Waals surface area (Å²) >= 11 is 6.25. The van der Waals surface area contributed by atoms with Crippen LogP contribution in [0.4, 0.5) is 11.5 Å². The topological polar surface area (TPSA) is 168 Å². The molecule has 1 unspecified atom stereocenters. The SMILES string of the molecule is CC1(C)C(NC(=O)c2ccc(N3CCN(C4CCN(c5ccc6c(c5)C(=O)N(C5CCC(=O)NC5=O)C6=O)CC4)CC3)nc2)C(C)(C)C1Oc1ccc(C#N)c(Cl)c1. The Bertz CT molecular complexity index is 2210. The van der Waals surface area contributed by atoms with Crippen molar-refractivity contribution in [3.8, 4) is 11.8 Å². The van der Waals surface area contributed by atoms with Gasteiger partial charge in [-0.1, -0.05) is 39.3 Å². The fraction of sp³-hybridized carbons (Fsp3) is 0.465. The van der Waals surface area contributed by atoms with Crippen molar-refractivity contribution in [3.05, 3.63) is 82.0 Å². The van der Waals surface area contributed by atoms with E-state index in [4.69, 9.17) is 21.3 Å². The highest BCUT2D eigenvalue weighted by molar-refractivity contribution is 6.31. The summed E-state index contributed by atoms with van der Waals surface area (Å²) in [4.78, 5) is 76.8. The van der Waals surface area contributed by atoms with E-state index in [0.29, 0.717) is 33.5 Å². The van der Waals surface area contributed by atoms with Crippen LogP contribution in [0.5, 0.6) is 5.75 Å². The van der Waals surface area contributed by atoms with Crippen LogP contribution in [0.1, 0.15) is 90.0 Å². The van der Waals surface area contributed by atoms with Gasteiger partial charge < -0.3 is 19.9 Å². The first-order chi connectivity index (χ1) is 27.7. The Morgan fingerprint density at radius 1 is 0.879 bits per heavy atom. The number of nitrogens with one attached hydrogen (secondary N) is 2. The average molecular weight is 807 g/mol. The quantitative estimate of drug-likeness (QED) is 0.310. The smallest absolute Gasteiger partial charge is 0.262 e. The van der Waals surface area contributed by atoms with E-state index < -0.39 is 29.7 Å². The number of pyridine rings is 1. The van der Waals surface area contributed by atoms with E-state index in [1.54, 1.807) is 36.5 Å². The number of anilines is 2. The third kappa shape index (κ3) is 6.94. The Hall–Kier alpha value is -5.52. The van der Waals surface area contributed by atoms with Gasteiger partial charge in [0, 0.05) is 86.6 Å². The van der Waals surface area contributed by atoms with Gasteiger partial charge in [0.25, 0.3) is 17.7 Å². The van der Waals surface area contributed by atoms with Gasteiger partial charge in [0.2, 0.25) is 11.8 Å². The second kappa shape index (κ2) is 15.0. The number of nitrogens with zero attached hydrogens (tertiary/aromatic N) is 6. The lowest BCUT2D eigenvalue weighted by Crippen LogP contribution is -2.74. The molecule has 2 aromatic carbocycles. The van der Waals surface area contributed by atoms with Crippen LogP contribution < -0.4 is 25.2 Å². The Morgan fingerprint density at radius 2 is 1.59 bits per heavy atom. The van der Waals surface area contributed by atoms with Gasteiger partial charge >= 0.3 is 0 Å². The molecule has 15 heteroatoms. The maximum absolute atomic E-state index is 13.5. The number of carbonyl (C=O) groups is 5. The lowest BCUT2D eigenvalue weighted by atomic mass is 9.49. The number of hydrogen-bond acceptors (Lipinski definition) is 11. The molecule has 302 valence electrons. The molecule has 8 rings (SSSR count). The first-order valence-corrected chi connectivity index (χ1v) is 20.3. The van der Waals surface area contributed by atoms with Crippen LogP contribution in [0.15, 0.2) is 54.7 Å². The minimum Gasteiger partial charge on any atom is -0.489 e. The van der Waals surface area contributed by atoms with Crippen molar-refractivity contribution in [1.29, 1.82) is 5.26 Å². The number of fused-ring (bicyclic) bond motifs is 1. The third-order valence-electron chi connectivity index (χ3n) is 12.8. The predicted molar refractivity (Wildman–Crippen MR) is 216 cm³/mol. The molecule has 0 spiro atoms. The van der Waals surface area contributed by atoms with Crippen molar-refractivity contribution in [2.45, 2.75) is 77.6 Å². The molecule has 4 fully saturated rings. The largest absolute Gasteiger partial charge is 0.489 e. The van der Waals surface area contributed by atoms with Crippen molar-refractivity contribution < 1.29 is 28.7 Å². The molecule has 1 saturated carbocycles. The molecular weight excluding hydrogens is 760 g/mol. The molecule has 1 aromatic heterocycles. The van der Waals surface area contributed by atoms with Crippen LogP contribution >= 0.6 is 11.6 Å². The van der Waals surface area contributed by atoms with E-state index in [1.807, 2.05) is 18.2 Å². The zero-order valence-electron chi connectivity index (χ0n) is 33.1. The molecule has 58 heavy (non-hydrogen) atoms. The van der Waals surface area contributed by atoms with Gasteiger partial charge in [-0.05, 0) is 61.7 Å². The molecular formula is C43H47ClN8O6. The maximum Gasteiger partial charge on any atom is 0.262 e. The van der Waals surface area contributed by atoms with Crippen molar-refractivity contribution in [1.82, 2.24) is 25.4 Å². The van der Waals surface area contributed by atoms with Crippen LogP contribution in [0, 0.1) is 22.2 Å². The summed E-state index contributed by atoms with van der Waals surface area (Å²) in [7, 11) is 0. The Kier molecular flexibility index (Phi) is 10.2. The fourth-order valence-electron chi connectivity index (χ4n) is 9.98. The van der Waals surface area contributed by atoms with Gasteiger partial charge in [0.05, 0.1) is 27.3 Å². The first kappa shape index (κ1) is 39.3.